The molecule has 0 aliphatic heterocycles. The lowest BCUT2D eigenvalue weighted by Crippen LogP contribution is -2.44. The van der Waals surface area contributed by atoms with Gasteiger partial charge < -0.3 is 0 Å². The van der Waals surface area contributed by atoms with Crippen LogP contribution in [0, 0.1) is 37.0 Å². The number of hydrogen-bond donors (Lipinski definition) is 1. The van der Waals surface area contributed by atoms with Crippen LogP contribution in [0.3, 0.4) is 0 Å². The number of hydrogen-bond acceptors (Lipinski definition) is 6. The van der Waals surface area contributed by atoms with Crippen LogP contribution in [-0.4, -0.2) is 15.6 Å². The number of fused-ring (bicyclic) bond motifs is 2. The summed E-state index contributed by atoms with van der Waals surface area (Å²) in [5.41, 5.74) is 3.46. The van der Waals surface area contributed by atoms with E-state index in [1.165, 1.54) is 18.6 Å². The first-order chi connectivity index (χ1) is 11.7. The summed E-state index contributed by atoms with van der Waals surface area (Å²) in [6, 6.07) is 3.54. The average Bonchev–Trinajstić information content (AvgIpc) is 2.69. The SMILES string of the molecule is CC12CCC(CC/C1=N\Nc1ccc([N+](=O)[O-])cc1[N+](=O)[O-])C2(C)C. The van der Waals surface area contributed by atoms with Crippen molar-refractivity contribution in [2.45, 2.75) is 46.5 Å². The molecule has 134 valence electrons. The van der Waals surface area contributed by atoms with Crippen LogP contribution < -0.4 is 5.43 Å². The number of nitrogens with zero attached hydrogens (tertiary/aromatic N) is 3. The van der Waals surface area contributed by atoms with Crippen molar-refractivity contribution < 1.29 is 9.85 Å². The van der Waals surface area contributed by atoms with Gasteiger partial charge in [0.2, 0.25) is 0 Å². The maximum absolute atomic E-state index is 11.2. The Morgan fingerprint density at radius 2 is 1.88 bits per heavy atom. The number of anilines is 1. The summed E-state index contributed by atoms with van der Waals surface area (Å²) < 4.78 is 0. The molecule has 0 heterocycles. The third-order valence-electron chi connectivity index (χ3n) is 6.50. The van der Waals surface area contributed by atoms with Gasteiger partial charge in [0.1, 0.15) is 5.69 Å². The van der Waals surface area contributed by atoms with Gasteiger partial charge in [0.25, 0.3) is 5.69 Å². The number of hydrazone groups is 1. The van der Waals surface area contributed by atoms with E-state index in [0.29, 0.717) is 5.92 Å². The Hall–Kier alpha value is -2.51. The lowest BCUT2D eigenvalue weighted by Gasteiger charge is -2.46. The molecule has 1 aromatic rings. The van der Waals surface area contributed by atoms with Crippen molar-refractivity contribution in [2.75, 3.05) is 5.43 Å². The van der Waals surface area contributed by atoms with E-state index >= 15 is 0 Å². The van der Waals surface area contributed by atoms with Crippen LogP contribution in [0.4, 0.5) is 17.1 Å². The fraction of sp³-hybridized carbons (Fsp3) is 0.588. The summed E-state index contributed by atoms with van der Waals surface area (Å²) in [6.45, 7) is 6.76. The molecule has 0 spiro atoms. The molecule has 2 unspecified atom stereocenters. The van der Waals surface area contributed by atoms with Crippen LogP contribution in [0.25, 0.3) is 0 Å². The first kappa shape index (κ1) is 17.3. The molecule has 8 nitrogen and oxygen atoms in total. The van der Waals surface area contributed by atoms with Crippen molar-refractivity contribution in [3.63, 3.8) is 0 Å². The van der Waals surface area contributed by atoms with E-state index in [-0.39, 0.29) is 27.9 Å². The van der Waals surface area contributed by atoms with Gasteiger partial charge >= 0.3 is 5.69 Å². The van der Waals surface area contributed by atoms with E-state index in [2.05, 4.69) is 31.3 Å². The van der Waals surface area contributed by atoms with Gasteiger partial charge in [-0.15, -0.1) is 0 Å². The molecule has 2 atom stereocenters. The number of benzene rings is 1. The molecular formula is C17H22N4O4. The van der Waals surface area contributed by atoms with Crippen LogP contribution in [0.5, 0.6) is 0 Å². The molecule has 2 fully saturated rings. The van der Waals surface area contributed by atoms with Crippen molar-refractivity contribution >= 4 is 22.8 Å². The third-order valence-corrected chi connectivity index (χ3v) is 6.50. The van der Waals surface area contributed by atoms with Crippen LogP contribution in [-0.2, 0) is 0 Å². The van der Waals surface area contributed by atoms with E-state index in [1.807, 2.05) is 0 Å². The molecule has 2 bridgehead atoms. The average molecular weight is 346 g/mol. The Bertz CT molecular complexity index is 774. The quantitative estimate of drug-likeness (QED) is 0.637. The summed E-state index contributed by atoms with van der Waals surface area (Å²) in [5.74, 6) is 0.685. The van der Waals surface area contributed by atoms with Crippen molar-refractivity contribution in [1.29, 1.82) is 0 Å². The van der Waals surface area contributed by atoms with Gasteiger partial charge in [0.05, 0.1) is 15.9 Å². The minimum Gasteiger partial charge on any atom is -0.272 e. The van der Waals surface area contributed by atoms with Gasteiger partial charge in [-0.2, -0.15) is 5.10 Å². The molecule has 0 amide bonds. The van der Waals surface area contributed by atoms with Crippen molar-refractivity contribution in [2.24, 2.45) is 21.8 Å². The number of nitro benzene ring substituents is 2. The molecule has 1 aromatic carbocycles. The number of nitro groups is 2. The topological polar surface area (TPSA) is 111 Å². The Morgan fingerprint density at radius 1 is 1.16 bits per heavy atom. The molecule has 8 heteroatoms. The summed E-state index contributed by atoms with van der Waals surface area (Å²) in [7, 11) is 0. The number of nitrogens with one attached hydrogen (secondary N) is 1. The van der Waals surface area contributed by atoms with Gasteiger partial charge in [-0.05, 0) is 43.1 Å². The highest BCUT2D eigenvalue weighted by Gasteiger charge is 2.56. The molecule has 0 aromatic heterocycles. The smallest absolute Gasteiger partial charge is 0.272 e. The monoisotopic (exact) mass is 346 g/mol. The van der Waals surface area contributed by atoms with E-state index in [1.54, 1.807) is 0 Å². The van der Waals surface area contributed by atoms with Crippen LogP contribution in [0.1, 0.15) is 46.5 Å². The van der Waals surface area contributed by atoms with Gasteiger partial charge in [0, 0.05) is 17.2 Å². The molecule has 3 rings (SSSR count). The maximum Gasteiger partial charge on any atom is 0.301 e. The molecule has 2 aliphatic rings. The molecule has 0 radical (unpaired) electrons. The van der Waals surface area contributed by atoms with Gasteiger partial charge in [-0.25, -0.2) is 0 Å². The number of rotatable bonds is 4. The summed E-state index contributed by atoms with van der Waals surface area (Å²) in [4.78, 5) is 20.8. The first-order valence-corrected chi connectivity index (χ1v) is 8.43. The van der Waals surface area contributed by atoms with Crippen molar-refractivity contribution in [1.82, 2.24) is 0 Å². The summed E-state index contributed by atoms with van der Waals surface area (Å²) in [5, 5.41) is 26.6. The molecule has 1 N–H and O–H groups in total. The predicted molar refractivity (Wildman–Crippen MR) is 94.7 cm³/mol. The standard InChI is InChI=1S/C17H22N4O4/c1-16(2)11-4-7-15(17(16,3)9-8-11)19-18-13-6-5-12(20(22)23)10-14(13)21(24)25/h5-6,10-11,18H,4,7-9H2,1-3H3/b19-15+. The molecular weight excluding hydrogens is 324 g/mol. The Labute approximate surface area is 145 Å². The van der Waals surface area contributed by atoms with E-state index in [9.17, 15) is 20.2 Å². The lowest BCUT2D eigenvalue weighted by atomic mass is 9.58. The molecule has 0 saturated heterocycles. The number of non-ortho nitro benzene ring substituents is 1. The zero-order chi connectivity index (χ0) is 18.4. The van der Waals surface area contributed by atoms with Crippen LogP contribution in [0.15, 0.2) is 23.3 Å². The predicted octanol–water partition coefficient (Wildman–Crippen LogP) is 4.51. The van der Waals surface area contributed by atoms with Gasteiger partial charge in [-0.3, -0.25) is 25.7 Å². The Kier molecular flexibility index (Phi) is 4.01. The third kappa shape index (κ3) is 2.65. The normalized spacial score (nSPS) is 28.8. The molecule has 2 saturated carbocycles. The van der Waals surface area contributed by atoms with E-state index in [4.69, 9.17) is 0 Å². The first-order valence-electron chi connectivity index (χ1n) is 8.43. The second-order valence-electron chi connectivity index (χ2n) is 7.71. The zero-order valence-corrected chi connectivity index (χ0v) is 14.6. The highest BCUT2D eigenvalue weighted by Crippen LogP contribution is 2.61. The molecule has 2 aliphatic carbocycles. The minimum absolute atomic E-state index is 0.0293. The van der Waals surface area contributed by atoms with Gasteiger partial charge in [-0.1, -0.05) is 20.8 Å². The van der Waals surface area contributed by atoms with Gasteiger partial charge in [0.15, 0.2) is 0 Å². The molecule has 25 heavy (non-hydrogen) atoms. The van der Waals surface area contributed by atoms with E-state index in [0.717, 1.165) is 31.0 Å². The largest absolute Gasteiger partial charge is 0.301 e. The fourth-order valence-electron chi connectivity index (χ4n) is 4.39. The summed E-state index contributed by atoms with van der Waals surface area (Å²) >= 11 is 0. The fourth-order valence-corrected chi connectivity index (χ4v) is 4.39. The highest BCUT2D eigenvalue weighted by atomic mass is 16.6. The Morgan fingerprint density at radius 3 is 2.52 bits per heavy atom. The van der Waals surface area contributed by atoms with Crippen molar-refractivity contribution in [3.8, 4) is 0 Å². The maximum atomic E-state index is 11.2. The lowest BCUT2D eigenvalue weighted by molar-refractivity contribution is -0.393. The minimum atomic E-state index is -0.647. The van der Waals surface area contributed by atoms with Crippen molar-refractivity contribution in [3.05, 3.63) is 38.4 Å². The zero-order valence-electron chi connectivity index (χ0n) is 14.6. The highest BCUT2D eigenvalue weighted by molar-refractivity contribution is 5.92. The second-order valence-corrected chi connectivity index (χ2v) is 7.71. The second kappa shape index (κ2) is 5.79. The Balaban J connectivity index is 1.92. The summed E-state index contributed by atoms with van der Waals surface area (Å²) in [6.07, 6.45) is 4.19. The van der Waals surface area contributed by atoms with E-state index < -0.39 is 9.85 Å². The van der Waals surface area contributed by atoms with Crippen LogP contribution in [0.2, 0.25) is 0 Å². The van der Waals surface area contributed by atoms with Crippen LogP contribution >= 0.6 is 0 Å².